The summed E-state index contributed by atoms with van der Waals surface area (Å²) in [5, 5.41) is 0. The Hall–Kier alpha value is -2.20. The van der Waals surface area contributed by atoms with Gasteiger partial charge in [0, 0.05) is 0 Å². The molecule has 1 rings (SSSR count). The van der Waals surface area contributed by atoms with Crippen LogP contribution in [0.2, 0.25) is 0 Å². The molecular weight excluding hydrogens is 375 g/mol. The van der Waals surface area contributed by atoms with Crippen LogP contribution >= 0.6 is 0 Å². The molecule has 0 aromatic heterocycles. The number of hydrogen-bond acceptors (Lipinski definition) is 5. The van der Waals surface area contributed by atoms with Crippen molar-refractivity contribution in [3.63, 3.8) is 0 Å². The fraction of sp³-hybridized carbons (Fsp3) is 0.375. The smallest absolute Gasteiger partial charge is 0.416 e. The number of nitrogens with one attached hydrogen (secondary N) is 1. The van der Waals surface area contributed by atoms with E-state index in [0.29, 0.717) is 6.07 Å². The lowest BCUT2D eigenvalue weighted by Crippen LogP contribution is -2.19. The van der Waals surface area contributed by atoms with Crippen LogP contribution in [0.5, 0.6) is 0 Å². The second-order valence-corrected chi connectivity index (χ2v) is 7.29. The number of hydrogen-bond donors (Lipinski definition) is 1. The molecule has 0 spiro atoms. The Bertz CT molecular complexity index is 829. The van der Waals surface area contributed by atoms with Crippen molar-refractivity contribution in [2.75, 3.05) is 13.7 Å². The van der Waals surface area contributed by atoms with Crippen molar-refractivity contribution in [2.24, 2.45) is 0 Å². The van der Waals surface area contributed by atoms with E-state index in [4.69, 9.17) is 4.74 Å². The Balaban J connectivity index is 3.17. The zero-order valence-electron chi connectivity index (χ0n) is 14.3. The van der Waals surface area contributed by atoms with Crippen molar-refractivity contribution in [1.82, 2.24) is 4.72 Å². The number of ketones is 1. The number of carbonyl (C=O) groups excluding carboxylic acids is 2. The molecule has 0 aliphatic carbocycles. The Morgan fingerprint density at radius 2 is 1.81 bits per heavy atom. The number of rotatable bonds is 7. The third-order valence-corrected chi connectivity index (χ3v) is 4.69. The number of sulfonamides is 1. The average Bonchev–Trinajstić information content (AvgIpc) is 2.52. The minimum absolute atomic E-state index is 0.0104. The van der Waals surface area contributed by atoms with Gasteiger partial charge < -0.3 is 4.74 Å². The van der Waals surface area contributed by atoms with E-state index in [0.717, 1.165) is 19.2 Å². The molecule has 1 aromatic carbocycles. The number of alkyl halides is 3. The minimum Gasteiger partial charge on any atom is -0.461 e. The lowest BCUT2D eigenvalue weighted by Gasteiger charge is -2.13. The van der Waals surface area contributed by atoms with Crippen molar-refractivity contribution >= 4 is 27.3 Å². The van der Waals surface area contributed by atoms with Gasteiger partial charge in [0.2, 0.25) is 10.0 Å². The van der Waals surface area contributed by atoms with Crippen LogP contribution in [0.1, 0.15) is 31.4 Å². The molecule has 0 heterocycles. The van der Waals surface area contributed by atoms with Crippen LogP contribution in [0.3, 0.4) is 0 Å². The molecule has 1 N–H and O–H groups in total. The van der Waals surface area contributed by atoms with Gasteiger partial charge in [-0.25, -0.2) is 13.1 Å². The van der Waals surface area contributed by atoms with Gasteiger partial charge in [-0.2, -0.15) is 13.2 Å². The molecule has 0 unspecified atom stereocenters. The van der Waals surface area contributed by atoms with Crippen LogP contribution in [-0.4, -0.2) is 33.8 Å². The van der Waals surface area contributed by atoms with Gasteiger partial charge in [-0.3, -0.25) is 9.59 Å². The first-order valence-electron chi connectivity index (χ1n) is 7.35. The summed E-state index contributed by atoms with van der Waals surface area (Å²) in [5.41, 5.74) is -0.833. The highest BCUT2D eigenvalue weighted by atomic mass is 32.2. The zero-order valence-corrected chi connectivity index (χ0v) is 15.1. The predicted molar refractivity (Wildman–Crippen MR) is 87.6 cm³/mol. The van der Waals surface area contributed by atoms with Gasteiger partial charge in [-0.15, -0.1) is 0 Å². The first-order valence-corrected chi connectivity index (χ1v) is 8.83. The lowest BCUT2D eigenvalue weighted by atomic mass is 10.0. The van der Waals surface area contributed by atoms with Crippen LogP contribution < -0.4 is 4.72 Å². The first kappa shape index (κ1) is 21.8. The number of allylic oxidation sites excluding steroid dienone is 1. The number of halogens is 3. The monoisotopic (exact) mass is 393 g/mol. The first-order chi connectivity index (χ1) is 11.9. The molecule has 0 radical (unpaired) electrons. The highest BCUT2D eigenvalue weighted by molar-refractivity contribution is 7.89. The van der Waals surface area contributed by atoms with Gasteiger partial charge in [-0.1, -0.05) is 0 Å². The summed E-state index contributed by atoms with van der Waals surface area (Å²) in [4.78, 5) is 21.5. The molecule has 0 fully saturated rings. The number of carbonyl (C=O) groups is 2. The van der Waals surface area contributed by atoms with Gasteiger partial charge in [0.25, 0.3) is 0 Å². The van der Waals surface area contributed by atoms with Crippen molar-refractivity contribution in [1.29, 1.82) is 0 Å². The van der Waals surface area contributed by atoms with E-state index in [9.17, 15) is 31.2 Å². The molecule has 0 atom stereocenters. The van der Waals surface area contributed by atoms with Crippen molar-refractivity contribution in [2.45, 2.75) is 31.3 Å². The Morgan fingerprint density at radius 1 is 1.19 bits per heavy atom. The highest BCUT2D eigenvalue weighted by Gasteiger charge is 2.32. The van der Waals surface area contributed by atoms with Crippen molar-refractivity contribution < 1.29 is 35.9 Å². The van der Waals surface area contributed by atoms with Gasteiger partial charge in [0.15, 0.2) is 0 Å². The van der Waals surface area contributed by atoms with Crippen LogP contribution in [0, 0.1) is 0 Å². The number of esters is 1. The fourth-order valence-corrected chi connectivity index (χ4v) is 2.70. The topological polar surface area (TPSA) is 89.5 Å². The van der Waals surface area contributed by atoms with Crippen LogP contribution in [-0.2, 0) is 30.5 Å². The largest absolute Gasteiger partial charge is 0.461 e. The standard InChI is InChI=1S/C16H18F3NO5S/c1-10(4-5-25-15(22)6-11(2)21)12-7-13(16(17,18)19)9-14(8-12)26(23,24)20-3/h4,7-9,20H,5-6H2,1-3H3. The van der Waals surface area contributed by atoms with E-state index < -0.39 is 39.0 Å². The molecular formula is C16H18F3NO5S. The van der Waals surface area contributed by atoms with Crippen LogP contribution in [0.15, 0.2) is 29.2 Å². The molecule has 26 heavy (non-hydrogen) atoms. The van der Waals surface area contributed by atoms with E-state index in [-0.39, 0.29) is 23.5 Å². The molecule has 0 saturated carbocycles. The Labute approximate surface area is 149 Å². The number of ether oxygens (including phenoxy) is 1. The second-order valence-electron chi connectivity index (χ2n) is 5.40. The highest BCUT2D eigenvalue weighted by Crippen LogP contribution is 2.33. The van der Waals surface area contributed by atoms with E-state index in [1.807, 2.05) is 4.72 Å². The Kier molecular flexibility index (Phi) is 7.10. The van der Waals surface area contributed by atoms with Crippen LogP contribution in [0.25, 0.3) is 5.57 Å². The molecule has 6 nitrogen and oxygen atoms in total. The third-order valence-electron chi connectivity index (χ3n) is 3.30. The van der Waals surface area contributed by atoms with E-state index >= 15 is 0 Å². The summed E-state index contributed by atoms with van der Waals surface area (Å²) in [5.74, 6) is -1.14. The summed E-state index contributed by atoms with van der Waals surface area (Å²) >= 11 is 0. The van der Waals surface area contributed by atoms with E-state index in [1.165, 1.54) is 19.9 Å². The fourth-order valence-electron chi connectivity index (χ4n) is 1.90. The zero-order chi connectivity index (χ0) is 20.1. The third kappa shape index (κ3) is 6.26. The molecule has 144 valence electrons. The quantitative estimate of drug-likeness (QED) is 0.568. The van der Waals surface area contributed by atoms with Gasteiger partial charge >= 0.3 is 12.1 Å². The summed E-state index contributed by atoms with van der Waals surface area (Å²) < 4.78 is 69.6. The minimum atomic E-state index is -4.73. The SMILES string of the molecule is CNS(=O)(=O)c1cc(C(C)=CCOC(=O)CC(C)=O)cc(C(F)(F)F)c1. The second kappa shape index (κ2) is 8.45. The van der Waals surface area contributed by atoms with E-state index in [2.05, 4.69) is 0 Å². The summed E-state index contributed by atoms with van der Waals surface area (Å²) in [6.07, 6.45) is -3.81. The van der Waals surface area contributed by atoms with Gasteiger partial charge in [0.1, 0.15) is 18.8 Å². The lowest BCUT2D eigenvalue weighted by molar-refractivity contribution is -0.144. The molecule has 0 bridgehead atoms. The summed E-state index contributed by atoms with van der Waals surface area (Å²) in [7, 11) is -2.99. The summed E-state index contributed by atoms with van der Waals surface area (Å²) in [6, 6.07) is 2.43. The molecule has 0 amide bonds. The van der Waals surface area contributed by atoms with Crippen molar-refractivity contribution in [3.05, 3.63) is 35.4 Å². The molecule has 10 heteroatoms. The maximum atomic E-state index is 13.0. The average molecular weight is 393 g/mol. The normalized spacial score (nSPS) is 12.8. The van der Waals surface area contributed by atoms with Crippen LogP contribution in [0.4, 0.5) is 13.2 Å². The maximum Gasteiger partial charge on any atom is 0.416 e. The number of benzene rings is 1. The van der Waals surface area contributed by atoms with E-state index in [1.54, 1.807) is 0 Å². The van der Waals surface area contributed by atoms with Gasteiger partial charge in [-0.05, 0) is 56.3 Å². The van der Waals surface area contributed by atoms with Gasteiger partial charge in [0.05, 0.1) is 10.5 Å². The maximum absolute atomic E-state index is 13.0. The Morgan fingerprint density at radius 3 is 2.31 bits per heavy atom. The molecule has 1 aromatic rings. The predicted octanol–water partition coefficient (Wildman–Crippen LogP) is 2.54. The molecule has 0 saturated heterocycles. The molecule has 0 aliphatic heterocycles. The summed E-state index contributed by atoms with van der Waals surface area (Å²) in [6.45, 7) is 2.40. The molecule has 0 aliphatic rings. The van der Waals surface area contributed by atoms with Crippen molar-refractivity contribution in [3.8, 4) is 0 Å². The number of Topliss-reactive ketones (excluding diaryl/α,β-unsaturated/α-hetero) is 1.